The van der Waals surface area contributed by atoms with Crippen LogP contribution in [0, 0.1) is 0 Å². The molecule has 0 fully saturated rings. The molecule has 0 spiro atoms. The smallest absolute Gasteiger partial charge is 0.336 e. The van der Waals surface area contributed by atoms with E-state index in [1.54, 1.807) is 35.0 Å². The van der Waals surface area contributed by atoms with Crippen LogP contribution in [0.25, 0.3) is 11.1 Å². The van der Waals surface area contributed by atoms with Crippen LogP contribution in [0.4, 0.5) is 0 Å². The van der Waals surface area contributed by atoms with Crippen molar-refractivity contribution in [2.45, 2.75) is 39.7 Å². The molecule has 6 nitrogen and oxygen atoms in total. The Hall–Kier alpha value is -3.41. The number of hydrogen-bond donors (Lipinski definition) is 1. The molecule has 1 aromatic heterocycles. The number of aromatic nitrogens is 2. The van der Waals surface area contributed by atoms with Gasteiger partial charge >= 0.3 is 11.7 Å². The van der Waals surface area contributed by atoms with Crippen LogP contribution in [0.2, 0.25) is 0 Å². The summed E-state index contributed by atoms with van der Waals surface area (Å²) in [5.74, 6) is -1.16. The lowest BCUT2D eigenvalue weighted by molar-refractivity contribution is 0.0697. The third-order valence-electron chi connectivity index (χ3n) is 4.92. The van der Waals surface area contributed by atoms with Gasteiger partial charge in [0.05, 0.1) is 12.1 Å². The molecule has 0 aliphatic carbocycles. The Morgan fingerprint density at radius 2 is 1.69 bits per heavy atom. The minimum atomic E-state index is -0.970. The largest absolute Gasteiger partial charge is 0.478 e. The van der Waals surface area contributed by atoms with Crippen LogP contribution in [0.3, 0.4) is 0 Å². The first kappa shape index (κ1) is 20.3. The number of hydrogen-bond acceptors (Lipinski definition) is 3. The number of aromatic carboxylic acids is 1. The molecular formula is C23H24N2O4. The van der Waals surface area contributed by atoms with Gasteiger partial charge in [-0.3, -0.25) is 9.36 Å². The van der Waals surface area contributed by atoms with Gasteiger partial charge in [-0.1, -0.05) is 56.3 Å². The average molecular weight is 392 g/mol. The lowest BCUT2D eigenvalue weighted by Gasteiger charge is -2.09. The van der Waals surface area contributed by atoms with Crippen LogP contribution in [0.15, 0.2) is 59.5 Å². The lowest BCUT2D eigenvalue weighted by atomic mass is 9.99. The Morgan fingerprint density at radius 3 is 2.31 bits per heavy atom. The van der Waals surface area contributed by atoms with Crippen LogP contribution in [0.5, 0.6) is 0 Å². The number of nitrogens with zero attached hydrogens (tertiary/aromatic N) is 2. The second-order valence-electron chi connectivity index (χ2n) is 6.90. The van der Waals surface area contributed by atoms with Gasteiger partial charge in [0.1, 0.15) is 0 Å². The molecule has 0 atom stereocenters. The van der Waals surface area contributed by atoms with Crippen molar-refractivity contribution in [3.05, 3.63) is 82.0 Å². The molecule has 0 unspecified atom stereocenters. The maximum atomic E-state index is 12.7. The molecule has 3 rings (SSSR count). The first-order valence-electron chi connectivity index (χ1n) is 9.72. The van der Waals surface area contributed by atoms with Crippen molar-refractivity contribution >= 4 is 11.9 Å². The first-order valence-corrected chi connectivity index (χ1v) is 9.72. The molecule has 29 heavy (non-hydrogen) atoms. The molecule has 2 aromatic carbocycles. The SMILES string of the molecule is CCCC(=O)n1cc(CC)n(Cc2ccc(-c3ccccc3C(=O)O)cc2)c1=O. The average Bonchev–Trinajstić information content (AvgIpc) is 3.04. The Balaban J connectivity index is 1.90. The van der Waals surface area contributed by atoms with Crippen LogP contribution >= 0.6 is 0 Å². The third kappa shape index (κ3) is 4.21. The zero-order valence-corrected chi connectivity index (χ0v) is 16.6. The molecule has 1 N–H and O–H groups in total. The first-order chi connectivity index (χ1) is 14.0. The van der Waals surface area contributed by atoms with E-state index in [-0.39, 0.29) is 17.2 Å². The number of imidazole rings is 1. The predicted molar refractivity (Wildman–Crippen MR) is 112 cm³/mol. The molecule has 3 aromatic rings. The van der Waals surface area contributed by atoms with Crippen molar-refractivity contribution < 1.29 is 14.7 Å². The molecule has 0 saturated heterocycles. The second kappa shape index (κ2) is 8.73. The number of aryl methyl sites for hydroxylation is 1. The second-order valence-corrected chi connectivity index (χ2v) is 6.90. The van der Waals surface area contributed by atoms with E-state index in [2.05, 4.69) is 0 Å². The fourth-order valence-electron chi connectivity index (χ4n) is 3.38. The van der Waals surface area contributed by atoms with E-state index >= 15 is 0 Å². The van der Waals surface area contributed by atoms with Crippen LogP contribution in [0.1, 0.15) is 53.1 Å². The van der Waals surface area contributed by atoms with Gasteiger partial charge in [-0.2, -0.15) is 0 Å². The highest BCUT2D eigenvalue weighted by Crippen LogP contribution is 2.24. The van der Waals surface area contributed by atoms with Gasteiger partial charge in [0.2, 0.25) is 5.91 Å². The summed E-state index contributed by atoms with van der Waals surface area (Å²) in [6.07, 6.45) is 3.31. The monoisotopic (exact) mass is 392 g/mol. The number of benzene rings is 2. The number of carboxylic acid groups (broad SMARTS) is 1. The summed E-state index contributed by atoms with van der Waals surface area (Å²) in [6, 6.07) is 14.3. The fourth-order valence-corrected chi connectivity index (χ4v) is 3.38. The molecule has 6 heteroatoms. The minimum Gasteiger partial charge on any atom is -0.478 e. The highest BCUT2D eigenvalue weighted by Gasteiger charge is 2.15. The molecule has 150 valence electrons. The van der Waals surface area contributed by atoms with Gasteiger partial charge in [0.15, 0.2) is 0 Å². The van der Waals surface area contributed by atoms with Crippen molar-refractivity contribution in [1.29, 1.82) is 0 Å². The Bertz CT molecular complexity index is 1090. The number of carbonyl (C=O) groups excluding carboxylic acids is 1. The van der Waals surface area contributed by atoms with Crippen molar-refractivity contribution in [2.75, 3.05) is 0 Å². The molecule has 0 aliphatic heterocycles. The van der Waals surface area contributed by atoms with E-state index < -0.39 is 5.97 Å². The predicted octanol–water partition coefficient (Wildman–Crippen LogP) is 4.07. The molecule has 0 aliphatic rings. The molecule has 0 saturated carbocycles. The molecule has 0 amide bonds. The van der Waals surface area contributed by atoms with Crippen molar-refractivity contribution in [2.24, 2.45) is 0 Å². The van der Waals surface area contributed by atoms with Crippen LogP contribution in [-0.2, 0) is 13.0 Å². The van der Waals surface area contributed by atoms with E-state index in [0.717, 1.165) is 16.8 Å². The zero-order valence-electron chi connectivity index (χ0n) is 16.6. The summed E-state index contributed by atoms with van der Waals surface area (Å²) in [4.78, 5) is 36.4. The molecule has 0 radical (unpaired) electrons. The van der Waals surface area contributed by atoms with Gasteiger partial charge in [-0.25, -0.2) is 14.2 Å². The van der Waals surface area contributed by atoms with Gasteiger partial charge in [0.25, 0.3) is 0 Å². The molecule has 1 heterocycles. The van der Waals surface area contributed by atoms with Crippen molar-refractivity contribution in [1.82, 2.24) is 9.13 Å². The molecule has 0 bridgehead atoms. The topological polar surface area (TPSA) is 81.3 Å². The maximum absolute atomic E-state index is 12.7. The van der Waals surface area contributed by atoms with Gasteiger partial charge in [0, 0.05) is 18.3 Å². The zero-order chi connectivity index (χ0) is 21.0. The highest BCUT2D eigenvalue weighted by molar-refractivity contribution is 5.96. The van der Waals surface area contributed by atoms with E-state index in [9.17, 15) is 19.5 Å². The summed E-state index contributed by atoms with van der Waals surface area (Å²) in [6.45, 7) is 4.21. The number of carbonyl (C=O) groups is 2. The summed E-state index contributed by atoms with van der Waals surface area (Å²) >= 11 is 0. The summed E-state index contributed by atoms with van der Waals surface area (Å²) < 4.78 is 2.83. The highest BCUT2D eigenvalue weighted by atomic mass is 16.4. The Morgan fingerprint density at radius 1 is 1.00 bits per heavy atom. The quantitative estimate of drug-likeness (QED) is 0.657. The Kier molecular flexibility index (Phi) is 6.12. The summed E-state index contributed by atoms with van der Waals surface area (Å²) in [5, 5.41) is 9.38. The minimum absolute atomic E-state index is 0.188. The lowest BCUT2D eigenvalue weighted by Crippen LogP contribution is -2.29. The number of rotatable bonds is 7. The summed E-state index contributed by atoms with van der Waals surface area (Å²) in [5.41, 5.74) is 3.08. The van der Waals surface area contributed by atoms with Gasteiger partial charge < -0.3 is 5.11 Å². The van der Waals surface area contributed by atoms with Crippen LogP contribution in [-0.4, -0.2) is 26.1 Å². The fraction of sp³-hybridized carbons (Fsp3) is 0.261. The van der Waals surface area contributed by atoms with E-state index in [0.29, 0.717) is 31.4 Å². The summed E-state index contributed by atoms with van der Waals surface area (Å²) in [7, 11) is 0. The van der Waals surface area contributed by atoms with E-state index in [1.807, 2.05) is 38.1 Å². The van der Waals surface area contributed by atoms with Gasteiger partial charge in [-0.05, 0) is 35.6 Å². The van der Waals surface area contributed by atoms with Crippen molar-refractivity contribution in [3.8, 4) is 11.1 Å². The maximum Gasteiger partial charge on any atom is 0.336 e. The Labute approximate surface area is 169 Å². The molecular weight excluding hydrogens is 368 g/mol. The van der Waals surface area contributed by atoms with E-state index in [4.69, 9.17) is 0 Å². The number of carboxylic acids is 1. The van der Waals surface area contributed by atoms with Crippen molar-refractivity contribution in [3.63, 3.8) is 0 Å². The van der Waals surface area contributed by atoms with Gasteiger partial charge in [-0.15, -0.1) is 0 Å². The standard InChI is InChI=1S/C23H24N2O4/c1-3-7-21(26)25-15-18(4-2)24(23(25)29)14-16-10-12-17(13-11-16)19-8-5-6-9-20(19)22(27)28/h5-6,8-13,15H,3-4,7,14H2,1-2H3,(H,27,28). The normalized spacial score (nSPS) is 10.8. The van der Waals surface area contributed by atoms with E-state index in [1.165, 1.54) is 4.57 Å². The third-order valence-corrected chi connectivity index (χ3v) is 4.92. The van der Waals surface area contributed by atoms with Crippen LogP contribution < -0.4 is 5.69 Å².